The Kier molecular flexibility index (Phi) is 1.65. The highest BCUT2D eigenvalue weighted by Crippen LogP contribution is 2.15. The topological polar surface area (TPSA) is 29.5 Å². The van der Waals surface area contributed by atoms with Gasteiger partial charge in [-0.05, 0) is 12.0 Å². The predicted octanol–water partition coefficient (Wildman–Crippen LogP) is 0.324. The van der Waals surface area contributed by atoms with Crippen LogP contribution in [0, 0.1) is 0 Å². The van der Waals surface area contributed by atoms with Crippen LogP contribution in [0.1, 0.15) is 6.42 Å². The standard InChI is InChI=1S/C6H10O2/c1-5-2-6(3-7)8-4-5/h6-7H,1-4H2. The zero-order valence-electron chi connectivity index (χ0n) is 4.76. The molecule has 1 rings (SSSR count). The highest BCUT2D eigenvalue weighted by molar-refractivity contribution is 5.01. The van der Waals surface area contributed by atoms with E-state index in [1.54, 1.807) is 0 Å². The fourth-order valence-corrected chi connectivity index (χ4v) is 0.793. The lowest BCUT2D eigenvalue weighted by atomic mass is 10.2. The van der Waals surface area contributed by atoms with Crippen LogP contribution in [0.15, 0.2) is 12.2 Å². The van der Waals surface area contributed by atoms with Gasteiger partial charge in [-0.1, -0.05) is 6.58 Å². The average Bonchev–Trinajstić information content (AvgIpc) is 2.14. The Morgan fingerprint density at radius 3 is 2.88 bits per heavy atom. The van der Waals surface area contributed by atoms with Crippen molar-refractivity contribution in [3.8, 4) is 0 Å². The first-order valence-electron chi connectivity index (χ1n) is 2.72. The van der Waals surface area contributed by atoms with Gasteiger partial charge < -0.3 is 9.84 Å². The summed E-state index contributed by atoms with van der Waals surface area (Å²) in [6, 6.07) is 0. The normalized spacial score (nSPS) is 29.1. The van der Waals surface area contributed by atoms with E-state index in [0.29, 0.717) is 6.61 Å². The molecule has 0 saturated carbocycles. The van der Waals surface area contributed by atoms with Gasteiger partial charge in [0.1, 0.15) is 0 Å². The SMILES string of the molecule is C=C1COC(CO)C1. The summed E-state index contributed by atoms with van der Waals surface area (Å²) in [6.07, 6.45) is 0.860. The van der Waals surface area contributed by atoms with Gasteiger partial charge in [0.15, 0.2) is 0 Å². The van der Waals surface area contributed by atoms with Crippen LogP contribution < -0.4 is 0 Å². The molecule has 0 spiro atoms. The number of aliphatic hydroxyl groups is 1. The molecular weight excluding hydrogens is 104 g/mol. The molecule has 46 valence electrons. The lowest BCUT2D eigenvalue weighted by molar-refractivity contribution is 0.0603. The molecule has 1 saturated heterocycles. The van der Waals surface area contributed by atoms with Crippen molar-refractivity contribution in [2.45, 2.75) is 12.5 Å². The number of ether oxygens (including phenoxy) is 1. The second-order valence-electron chi connectivity index (χ2n) is 2.07. The maximum atomic E-state index is 8.52. The zero-order valence-corrected chi connectivity index (χ0v) is 4.76. The lowest BCUT2D eigenvalue weighted by Gasteiger charge is -2.00. The van der Waals surface area contributed by atoms with Crippen LogP contribution in [-0.2, 0) is 4.74 Å². The van der Waals surface area contributed by atoms with Gasteiger partial charge in [0.05, 0.1) is 19.3 Å². The third-order valence-corrected chi connectivity index (χ3v) is 1.24. The van der Waals surface area contributed by atoms with Crippen LogP contribution in [0.4, 0.5) is 0 Å². The first-order valence-corrected chi connectivity index (χ1v) is 2.72. The van der Waals surface area contributed by atoms with E-state index in [2.05, 4.69) is 6.58 Å². The van der Waals surface area contributed by atoms with Crippen LogP contribution in [-0.4, -0.2) is 24.4 Å². The molecule has 1 unspecified atom stereocenters. The molecule has 0 aromatic rings. The fraction of sp³-hybridized carbons (Fsp3) is 0.667. The van der Waals surface area contributed by atoms with E-state index in [1.165, 1.54) is 0 Å². The van der Waals surface area contributed by atoms with Crippen LogP contribution >= 0.6 is 0 Å². The van der Waals surface area contributed by atoms with Crippen molar-refractivity contribution in [1.29, 1.82) is 0 Å². The van der Waals surface area contributed by atoms with Crippen LogP contribution in [0.5, 0.6) is 0 Å². The molecule has 1 N–H and O–H groups in total. The van der Waals surface area contributed by atoms with Crippen molar-refractivity contribution in [3.05, 3.63) is 12.2 Å². The van der Waals surface area contributed by atoms with Gasteiger partial charge in [-0.25, -0.2) is 0 Å². The summed E-state index contributed by atoms with van der Waals surface area (Å²) >= 11 is 0. The van der Waals surface area contributed by atoms with E-state index in [4.69, 9.17) is 9.84 Å². The minimum Gasteiger partial charge on any atom is -0.394 e. The quantitative estimate of drug-likeness (QED) is 0.497. The lowest BCUT2D eigenvalue weighted by Crippen LogP contribution is -2.09. The molecule has 1 fully saturated rings. The van der Waals surface area contributed by atoms with Gasteiger partial charge in [0, 0.05) is 0 Å². The van der Waals surface area contributed by atoms with E-state index in [-0.39, 0.29) is 12.7 Å². The summed E-state index contributed by atoms with van der Waals surface area (Å²) in [5.41, 5.74) is 1.09. The Labute approximate surface area is 48.8 Å². The molecule has 1 atom stereocenters. The third-order valence-electron chi connectivity index (χ3n) is 1.24. The number of hydrogen-bond acceptors (Lipinski definition) is 2. The monoisotopic (exact) mass is 114 g/mol. The second-order valence-corrected chi connectivity index (χ2v) is 2.07. The summed E-state index contributed by atoms with van der Waals surface area (Å²) in [4.78, 5) is 0. The van der Waals surface area contributed by atoms with Gasteiger partial charge in [0.2, 0.25) is 0 Å². The van der Waals surface area contributed by atoms with Gasteiger partial charge in [-0.2, -0.15) is 0 Å². The van der Waals surface area contributed by atoms with E-state index in [1.807, 2.05) is 0 Å². The van der Waals surface area contributed by atoms with E-state index in [9.17, 15) is 0 Å². The molecule has 0 aromatic heterocycles. The average molecular weight is 114 g/mol. The highest BCUT2D eigenvalue weighted by atomic mass is 16.5. The van der Waals surface area contributed by atoms with Crippen LogP contribution in [0.25, 0.3) is 0 Å². The largest absolute Gasteiger partial charge is 0.394 e. The number of hydrogen-bond donors (Lipinski definition) is 1. The molecule has 1 aliphatic heterocycles. The van der Waals surface area contributed by atoms with Crippen molar-refractivity contribution < 1.29 is 9.84 Å². The smallest absolute Gasteiger partial charge is 0.0847 e. The Morgan fingerprint density at radius 1 is 1.88 bits per heavy atom. The van der Waals surface area contributed by atoms with E-state index < -0.39 is 0 Å². The van der Waals surface area contributed by atoms with Gasteiger partial charge in [0.25, 0.3) is 0 Å². The summed E-state index contributed by atoms with van der Waals surface area (Å²) < 4.78 is 5.06. The van der Waals surface area contributed by atoms with E-state index in [0.717, 1.165) is 12.0 Å². The Balaban J connectivity index is 2.32. The number of rotatable bonds is 1. The molecule has 0 radical (unpaired) electrons. The molecule has 1 heterocycles. The maximum Gasteiger partial charge on any atom is 0.0847 e. The van der Waals surface area contributed by atoms with Crippen molar-refractivity contribution in [3.63, 3.8) is 0 Å². The van der Waals surface area contributed by atoms with Crippen molar-refractivity contribution in [2.24, 2.45) is 0 Å². The molecule has 2 nitrogen and oxygen atoms in total. The molecule has 8 heavy (non-hydrogen) atoms. The summed E-state index contributed by atoms with van der Waals surface area (Å²) in [5, 5.41) is 8.52. The molecule has 0 aromatic carbocycles. The molecule has 0 bridgehead atoms. The van der Waals surface area contributed by atoms with Crippen molar-refractivity contribution in [1.82, 2.24) is 0 Å². The highest BCUT2D eigenvalue weighted by Gasteiger charge is 2.16. The summed E-state index contributed by atoms with van der Waals surface area (Å²) in [6.45, 7) is 4.47. The second kappa shape index (κ2) is 2.29. The van der Waals surface area contributed by atoms with Crippen molar-refractivity contribution in [2.75, 3.05) is 13.2 Å². The third kappa shape index (κ3) is 1.08. The Morgan fingerprint density at radius 2 is 2.62 bits per heavy atom. The minimum absolute atomic E-state index is 0.0301. The van der Waals surface area contributed by atoms with Gasteiger partial charge in [-0.3, -0.25) is 0 Å². The molecule has 2 heteroatoms. The molecule has 0 amide bonds. The zero-order chi connectivity index (χ0) is 5.98. The first-order chi connectivity index (χ1) is 3.83. The van der Waals surface area contributed by atoms with Crippen molar-refractivity contribution >= 4 is 0 Å². The van der Waals surface area contributed by atoms with Gasteiger partial charge >= 0.3 is 0 Å². The molecule has 1 aliphatic rings. The summed E-state index contributed by atoms with van der Waals surface area (Å²) in [5.74, 6) is 0. The predicted molar refractivity (Wildman–Crippen MR) is 30.6 cm³/mol. The van der Waals surface area contributed by atoms with Crippen LogP contribution in [0.2, 0.25) is 0 Å². The Hall–Kier alpha value is -0.340. The summed E-state index contributed by atoms with van der Waals surface area (Å²) in [7, 11) is 0. The number of aliphatic hydroxyl groups excluding tert-OH is 1. The van der Waals surface area contributed by atoms with Crippen LogP contribution in [0.3, 0.4) is 0 Å². The Bertz CT molecular complexity index is 98.7. The molecule has 0 aliphatic carbocycles. The van der Waals surface area contributed by atoms with E-state index >= 15 is 0 Å². The fourth-order valence-electron chi connectivity index (χ4n) is 0.793. The first kappa shape index (κ1) is 5.79. The molecular formula is C6H10O2. The minimum atomic E-state index is 0.0301. The van der Waals surface area contributed by atoms with Gasteiger partial charge in [-0.15, -0.1) is 0 Å². The maximum absolute atomic E-state index is 8.52.